The summed E-state index contributed by atoms with van der Waals surface area (Å²) in [7, 11) is 0. The smallest absolute Gasteiger partial charge is 0.246 e. The number of halogens is 2. The van der Waals surface area contributed by atoms with E-state index in [1.807, 2.05) is 24.3 Å². The molecule has 3 rings (SSSR count). The molecule has 114 valence electrons. The van der Waals surface area contributed by atoms with Crippen molar-refractivity contribution in [3.63, 3.8) is 0 Å². The van der Waals surface area contributed by atoms with Crippen LogP contribution in [0.1, 0.15) is 0 Å². The fourth-order valence-corrected chi connectivity index (χ4v) is 3.48. The second-order valence-corrected chi connectivity index (χ2v) is 6.39. The van der Waals surface area contributed by atoms with Crippen LogP contribution in [0, 0.1) is 5.82 Å². The van der Waals surface area contributed by atoms with E-state index in [9.17, 15) is 9.18 Å². The standard InChI is InChI=1S/C16H14ClFN2OS/c17-12-9-11(5-6-13(12)18)19-10-16(21)20-7-8-22-15-4-2-1-3-14(15)20/h1-6,9,19H,7-8,10H2. The van der Waals surface area contributed by atoms with Crippen molar-refractivity contribution in [1.82, 2.24) is 0 Å². The predicted molar refractivity (Wildman–Crippen MR) is 89.4 cm³/mol. The molecule has 1 aliphatic heterocycles. The van der Waals surface area contributed by atoms with E-state index in [4.69, 9.17) is 11.6 Å². The molecule has 0 radical (unpaired) electrons. The Kier molecular flexibility index (Phi) is 4.55. The number of carbonyl (C=O) groups is 1. The fraction of sp³-hybridized carbons (Fsp3) is 0.188. The molecule has 0 bridgehead atoms. The number of amides is 1. The maximum Gasteiger partial charge on any atom is 0.246 e. The Labute approximate surface area is 137 Å². The molecule has 2 aromatic carbocycles. The topological polar surface area (TPSA) is 32.3 Å². The Morgan fingerprint density at radius 3 is 2.95 bits per heavy atom. The monoisotopic (exact) mass is 336 g/mol. The van der Waals surface area contributed by atoms with Gasteiger partial charge in [0.25, 0.3) is 0 Å². The molecule has 0 aliphatic carbocycles. The SMILES string of the molecule is O=C(CNc1ccc(F)c(Cl)c1)N1CCSc2ccccc21. The van der Waals surface area contributed by atoms with Crippen molar-refractivity contribution in [3.05, 3.63) is 53.3 Å². The minimum Gasteiger partial charge on any atom is -0.376 e. The van der Waals surface area contributed by atoms with Gasteiger partial charge in [-0.25, -0.2) is 4.39 Å². The average Bonchev–Trinajstić information content (AvgIpc) is 2.55. The number of para-hydroxylation sites is 1. The van der Waals surface area contributed by atoms with Crippen molar-refractivity contribution >= 4 is 40.6 Å². The first kappa shape index (κ1) is 15.2. The second kappa shape index (κ2) is 6.58. The number of rotatable bonds is 3. The molecule has 1 aliphatic rings. The van der Waals surface area contributed by atoms with E-state index in [1.54, 1.807) is 22.7 Å². The summed E-state index contributed by atoms with van der Waals surface area (Å²) in [5.41, 5.74) is 1.57. The molecule has 0 atom stereocenters. The van der Waals surface area contributed by atoms with Crippen LogP contribution in [0.3, 0.4) is 0 Å². The summed E-state index contributed by atoms with van der Waals surface area (Å²) >= 11 is 7.49. The normalized spacial score (nSPS) is 13.6. The van der Waals surface area contributed by atoms with Gasteiger partial charge in [0.1, 0.15) is 5.82 Å². The third-order valence-corrected chi connectivity index (χ3v) is 4.73. The number of benzene rings is 2. The lowest BCUT2D eigenvalue weighted by Gasteiger charge is -2.29. The van der Waals surface area contributed by atoms with Gasteiger partial charge in [-0.2, -0.15) is 0 Å². The number of nitrogens with one attached hydrogen (secondary N) is 1. The van der Waals surface area contributed by atoms with Gasteiger partial charge in [0.15, 0.2) is 0 Å². The van der Waals surface area contributed by atoms with Crippen LogP contribution in [0.15, 0.2) is 47.4 Å². The van der Waals surface area contributed by atoms with E-state index in [-0.39, 0.29) is 17.5 Å². The van der Waals surface area contributed by atoms with Crippen LogP contribution in [0.4, 0.5) is 15.8 Å². The molecule has 0 unspecified atom stereocenters. The zero-order valence-electron chi connectivity index (χ0n) is 11.7. The molecule has 1 N–H and O–H groups in total. The highest BCUT2D eigenvalue weighted by Gasteiger charge is 2.22. The molecular weight excluding hydrogens is 323 g/mol. The van der Waals surface area contributed by atoms with Crippen molar-refractivity contribution in [3.8, 4) is 0 Å². The van der Waals surface area contributed by atoms with Crippen molar-refractivity contribution in [2.24, 2.45) is 0 Å². The molecule has 1 amide bonds. The molecule has 22 heavy (non-hydrogen) atoms. The quantitative estimate of drug-likeness (QED) is 0.918. The van der Waals surface area contributed by atoms with Crippen molar-refractivity contribution in [2.45, 2.75) is 4.90 Å². The van der Waals surface area contributed by atoms with Gasteiger partial charge in [-0.1, -0.05) is 23.7 Å². The van der Waals surface area contributed by atoms with Crippen LogP contribution in [0.5, 0.6) is 0 Å². The number of anilines is 2. The first-order valence-corrected chi connectivity index (χ1v) is 8.22. The highest BCUT2D eigenvalue weighted by Crippen LogP contribution is 2.34. The van der Waals surface area contributed by atoms with Crippen molar-refractivity contribution in [1.29, 1.82) is 0 Å². The summed E-state index contributed by atoms with van der Waals surface area (Å²) in [4.78, 5) is 15.3. The number of fused-ring (bicyclic) bond motifs is 1. The second-order valence-electron chi connectivity index (χ2n) is 4.84. The van der Waals surface area contributed by atoms with Crippen LogP contribution >= 0.6 is 23.4 Å². The van der Waals surface area contributed by atoms with E-state index < -0.39 is 5.82 Å². The van der Waals surface area contributed by atoms with Crippen molar-refractivity contribution in [2.75, 3.05) is 29.1 Å². The van der Waals surface area contributed by atoms with Gasteiger partial charge < -0.3 is 10.2 Å². The van der Waals surface area contributed by atoms with Crippen LogP contribution in [-0.4, -0.2) is 24.7 Å². The Bertz CT molecular complexity index is 710. The van der Waals surface area contributed by atoms with E-state index in [2.05, 4.69) is 5.32 Å². The lowest BCUT2D eigenvalue weighted by atomic mass is 10.2. The molecule has 0 saturated carbocycles. The van der Waals surface area contributed by atoms with E-state index in [0.29, 0.717) is 12.2 Å². The zero-order valence-corrected chi connectivity index (χ0v) is 13.3. The van der Waals surface area contributed by atoms with Crippen LogP contribution in [-0.2, 0) is 4.79 Å². The summed E-state index contributed by atoms with van der Waals surface area (Å²) in [6.07, 6.45) is 0. The molecule has 2 aromatic rings. The summed E-state index contributed by atoms with van der Waals surface area (Å²) in [6.45, 7) is 0.827. The van der Waals surface area contributed by atoms with Gasteiger partial charge >= 0.3 is 0 Å². The molecule has 6 heteroatoms. The van der Waals surface area contributed by atoms with Crippen LogP contribution in [0.2, 0.25) is 5.02 Å². The molecule has 0 fully saturated rings. The molecule has 0 aromatic heterocycles. The Hall–Kier alpha value is -1.72. The number of nitrogens with zero attached hydrogens (tertiary/aromatic N) is 1. The fourth-order valence-electron chi connectivity index (χ4n) is 2.31. The Balaban J connectivity index is 1.69. The summed E-state index contributed by atoms with van der Waals surface area (Å²) in [6, 6.07) is 12.2. The first-order valence-electron chi connectivity index (χ1n) is 6.86. The van der Waals surface area contributed by atoms with Gasteiger partial charge in [-0.05, 0) is 30.3 Å². The van der Waals surface area contributed by atoms with Crippen molar-refractivity contribution < 1.29 is 9.18 Å². The molecule has 0 spiro atoms. The van der Waals surface area contributed by atoms with E-state index in [1.165, 1.54) is 12.1 Å². The van der Waals surface area contributed by atoms with Gasteiger partial charge in [0.05, 0.1) is 17.3 Å². The highest BCUT2D eigenvalue weighted by molar-refractivity contribution is 7.99. The maximum absolute atomic E-state index is 13.1. The van der Waals surface area contributed by atoms with Crippen LogP contribution in [0.25, 0.3) is 0 Å². The summed E-state index contributed by atoms with van der Waals surface area (Å²) in [5.74, 6) is 0.388. The average molecular weight is 337 g/mol. The maximum atomic E-state index is 13.1. The minimum atomic E-state index is -0.472. The van der Waals surface area contributed by atoms with Gasteiger partial charge in [0.2, 0.25) is 5.91 Å². The number of thioether (sulfide) groups is 1. The lowest BCUT2D eigenvalue weighted by molar-refractivity contribution is -0.117. The third-order valence-electron chi connectivity index (χ3n) is 3.39. The highest BCUT2D eigenvalue weighted by atomic mass is 35.5. The Morgan fingerprint density at radius 1 is 1.32 bits per heavy atom. The Morgan fingerprint density at radius 2 is 2.14 bits per heavy atom. The molecular formula is C16H14ClFN2OS. The first-order chi connectivity index (χ1) is 10.6. The zero-order chi connectivity index (χ0) is 15.5. The summed E-state index contributed by atoms with van der Waals surface area (Å²) in [5, 5.41) is 3.03. The molecule has 1 heterocycles. The van der Waals surface area contributed by atoms with Gasteiger partial charge in [-0.15, -0.1) is 11.8 Å². The molecule has 0 saturated heterocycles. The predicted octanol–water partition coefficient (Wildman–Crippen LogP) is 4.03. The number of hydrogen-bond donors (Lipinski definition) is 1. The van der Waals surface area contributed by atoms with Crippen LogP contribution < -0.4 is 10.2 Å². The third kappa shape index (κ3) is 3.20. The largest absolute Gasteiger partial charge is 0.376 e. The van der Waals surface area contributed by atoms with Gasteiger partial charge in [-0.3, -0.25) is 4.79 Å². The van der Waals surface area contributed by atoms with Gasteiger partial charge in [0, 0.05) is 22.9 Å². The minimum absolute atomic E-state index is 0.0202. The van der Waals surface area contributed by atoms with E-state index >= 15 is 0 Å². The lowest BCUT2D eigenvalue weighted by Crippen LogP contribution is -2.39. The number of carbonyl (C=O) groups excluding carboxylic acids is 1. The van der Waals surface area contributed by atoms with E-state index in [0.717, 1.165) is 16.3 Å². The molecule has 3 nitrogen and oxygen atoms in total. The summed E-state index contributed by atoms with van der Waals surface area (Å²) < 4.78 is 13.1. The number of hydrogen-bond acceptors (Lipinski definition) is 3.